The highest BCUT2D eigenvalue weighted by Crippen LogP contribution is 2.31. The van der Waals surface area contributed by atoms with E-state index in [4.69, 9.17) is 0 Å². The molecule has 0 radical (unpaired) electrons. The van der Waals surface area contributed by atoms with E-state index in [9.17, 15) is 4.79 Å². The molecule has 0 aliphatic heterocycles. The third kappa shape index (κ3) is 2.29. The van der Waals surface area contributed by atoms with Gasteiger partial charge in [-0.1, -0.05) is 24.3 Å². The number of fused-ring (bicyclic) bond motifs is 2. The van der Waals surface area contributed by atoms with Gasteiger partial charge >= 0.3 is 0 Å². The molecule has 1 atom stereocenters. The maximum Gasteiger partial charge on any atom is 0.257 e. The van der Waals surface area contributed by atoms with Gasteiger partial charge in [-0.15, -0.1) is 0 Å². The molecule has 5 heteroatoms. The molecule has 116 valence electrons. The zero-order valence-corrected chi connectivity index (χ0v) is 13.2. The van der Waals surface area contributed by atoms with Crippen LogP contribution in [0.3, 0.4) is 0 Å². The average Bonchev–Trinajstić information content (AvgIpc) is 3.12. The second-order valence-corrected chi connectivity index (χ2v) is 6.10. The lowest BCUT2D eigenvalue weighted by Gasteiger charge is -2.13. The molecular formula is C18H18N4O. The largest absolute Gasteiger partial charge is 0.345 e. The van der Waals surface area contributed by atoms with E-state index in [1.807, 2.05) is 32.0 Å². The summed E-state index contributed by atoms with van der Waals surface area (Å²) in [5.74, 6) is -0.112. The highest BCUT2D eigenvalue weighted by molar-refractivity contribution is 5.99. The van der Waals surface area contributed by atoms with E-state index in [-0.39, 0.29) is 11.9 Å². The van der Waals surface area contributed by atoms with Crippen molar-refractivity contribution in [2.45, 2.75) is 32.7 Å². The van der Waals surface area contributed by atoms with Crippen LogP contribution in [0.15, 0.2) is 36.5 Å². The molecule has 0 saturated carbocycles. The van der Waals surface area contributed by atoms with Crippen LogP contribution in [-0.4, -0.2) is 20.5 Å². The highest BCUT2D eigenvalue weighted by Gasteiger charge is 2.25. The number of benzene rings is 1. The zero-order valence-electron chi connectivity index (χ0n) is 13.2. The summed E-state index contributed by atoms with van der Waals surface area (Å²) in [7, 11) is 0. The van der Waals surface area contributed by atoms with E-state index >= 15 is 0 Å². The Bertz CT molecular complexity index is 913. The first kappa shape index (κ1) is 13.9. The minimum absolute atomic E-state index is 0.0690. The van der Waals surface area contributed by atoms with Crippen LogP contribution in [0, 0.1) is 13.8 Å². The van der Waals surface area contributed by atoms with Crippen LogP contribution in [-0.2, 0) is 6.42 Å². The van der Waals surface area contributed by atoms with Crippen LogP contribution in [0.25, 0.3) is 5.65 Å². The normalized spacial score (nSPS) is 16.5. The lowest BCUT2D eigenvalue weighted by Crippen LogP contribution is -2.27. The summed E-state index contributed by atoms with van der Waals surface area (Å²) >= 11 is 0. The van der Waals surface area contributed by atoms with Crippen LogP contribution >= 0.6 is 0 Å². The summed E-state index contributed by atoms with van der Waals surface area (Å²) in [5.41, 5.74) is 5.54. The van der Waals surface area contributed by atoms with E-state index in [0.29, 0.717) is 11.2 Å². The van der Waals surface area contributed by atoms with Gasteiger partial charge in [0.05, 0.1) is 12.2 Å². The molecule has 1 unspecified atom stereocenters. The summed E-state index contributed by atoms with van der Waals surface area (Å²) in [6, 6.07) is 10.3. The smallest absolute Gasteiger partial charge is 0.257 e. The van der Waals surface area contributed by atoms with Crippen LogP contribution in [0.4, 0.5) is 0 Å². The van der Waals surface area contributed by atoms with Gasteiger partial charge in [-0.3, -0.25) is 4.79 Å². The molecule has 0 fully saturated rings. The molecule has 5 nitrogen and oxygen atoms in total. The van der Waals surface area contributed by atoms with Crippen molar-refractivity contribution in [3.63, 3.8) is 0 Å². The standard InChI is InChI=1S/C18H18N4O/c1-11-9-12(2)22-17(20-11)15(10-19-22)18(23)21-16-8-7-13-5-3-4-6-14(13)16/h3-6,9-10,16H,7-8H2,1-2H3,(H,21,23). The minimum Gasteiger partial charge on any atom is -0.345 e. The lowest BCUT2D eigenvalue weighted by atomic mass is 10.1. The van der Waals surface area contributed by atoms with Crippen molar-refractivity contribution >= 4 is 11.6 Å². The molecule has 0 spiro atoms. The minimum atomic E-state index is -0.112. The average molecular weight is 306 g/mol. The Labute approximate surface area is 134 Å². The summed E-state index contributed by atoms with van der Waals surface area (Å²) in [5, 5.41) is 7.43. The maximum absolute atomic E-state index is 12.7. The van der Waals surface area contributed by atoms with Crippen molar-refractivity contribution in [1.82, 2.24) is 19.9 Å². The molecule has 1 amide bonds. The van der Waals surface area contributed by atoms with Gasteiger partial charge < -0.3 is 5.32 Å². The third-order valence-electron chi connectivity index (χ3n) is 4.46. The van der Waals surface area contributed by atoms with Crippen LogP contribution in [0.2, 0.25) is 0 Å². The van der Waals surface area contributed by atoms with Crippen molar-refractivity contribution in [2.24, 2.45) is 0 Å². The van der Waals surface area contributed by atoms with Crippen molar-refractivity contribution in [3.05, 3.63) is 64.6 Å². The van der Waals surface area contributed by atoms with Gasteiger partial charge in [-0.2, -0.15) is 5.10 Å². The first-order valence-corrected chi connectivity index (χ1v) is 7.84. The monoisotopic (exact) mass is 306 g/mol. The fourth-order valence-corrected chi connectivity index (χ4v) is 3.37. The number of hydrogen-bond acceptors (Lipinski definition) is 3. The van der Waals surface area contributed by atoms with Crippen molar-refractivity contribution < 1.29 is 4.79 Å². The Kier molecular flexibility index (Phi) is 3.15. The molecule has 2 aromatic heterocycles. The number of aromatic nitrogens is 3. The van der Waals surface area contributed by atoms with Gasteiger partial charge in [-0.05, 0) is 43.9 Å². The van der Waals surface area contributed by atoms with Gasteiger partial charge in [0.2, 0.25) is 0 Å². The van der Waals surface area contributed by atoms with Crippen LogP contribution in [0.5, 0.6) is 0 Å². The van der Waals surface area contributed by atoms with E-state index in [0.717, 1.165) is 24.2 Å². The number of hydrogen-bond donors (Lipinski definition) is 1. The van der Waals surface area contributed by atoms with Gasteiger partial charge in [0.1, 0.15) is 5.56 Å². The van der Waals surface area contributed by atoms with E-state index in [2.05, 4.69) is 27.5 Å². The van der Waals surface area contributed by atoms with Crippen molar-refractivity contribution in [3.8, 4) is 0 Å². The summed E-state index contributed by atoms with van der Waals surface area (Å²) in [6.45, 7) is 3.89. The molecule has 0 saturated heterocycles. The molecule has 23 heavy (non-hydrogen) atoms. The lowest BCUT2D eigenvalue weighted by molar-refractivity contribution is 0.0938. The number of nitrogens with one attached hydrogen (secondary N) is 1. The van der Waals surface area contributed by atoms with E-state index in [1.165, 1.54) is 11.1 Å². The fraction of sp³-hybridized carbons (Fsp3) is 0.278. The third-order valence-corrected chi connectivity index (χ3v) is 4.46. The Balaban J connectivity index is 1.66. The molecule has 1 aliphatic carbocycles. The molecule has 3 aromatic rings. The second kappa shape index (κ2) is 5.19. The number of aryl methyl sites for hydroxylation is 3. The first-order chi connectivity index (χ1) is 11.1. The Morgan fingerprint density at radius 1 is 1.30 bits per heavy atom. The maximum atomic E-state index is 12.7. The number of carbonyl (C=O) groups is 1. The number of carbonyl (C=O) groups excluding carboxylic acids is 1. The summed E-state index contributed by atoms with van der Waals surface area (Å²) < 4.78 is 1.71. The Morgan fingerprint density at radius 3 is 3.00 bits per heavy atom. The highest BCUT2D eigenvalue weighted by atomic mass is 16.1. The molecule has 4 rings (SSSR count). The molecule has 0 bridgehead atoms. The number of nitrogens with zero attached hydrogens (tertiary/aromatic N) is 3. The van der Waals surface area contributed by atoms with Crippen molar-refractivity contribution in [1.29, 1.82) is 0 Å². The van der Waals surface area contributed by atoms with Crippen molar-refractivity contribution in [2.75, 3.05) is 0 Å². The van der Waals surface area contributed by atoms with Gasteiger partial charge in [0, 0.05) is 11.4 Å². The van der Waals surface area contributed by atoms with Crippen LogP contribution in [0.1, 0.15) is 45.3 Å². The SMILES string of the molecule is Cc1cc(C)n2ncc(C(=O)NC3CCc4ccccc43)c2n1. The molecule has 1 N–H and O–H groups in total. The first-order valence-electron chi connectivity index (χ1n) is 7.84. The Morgan fingerprint density at radius 2 is 2.13 bits per heavy atom. The predicted molar refractivity (Wildman–Crippen MR) is 87.4 cm³/mol. The fourth-order valence-electron chi connectivity index (χ4n) is 3.37. The second-order valence-electron chi connectivity index (χ2n) is 6.10. The quantitative estimate of drug-likeness (QED) is 0.792. The number of rotatable bonds is 2. The number of amides is 1. The molecule has 1 aromatic carbocycles. The molecule has 1 aliphatic rings. The van der Waals surface area contributed by atoms with Gasteiger partial charge in [-0.25, -0.2) is 9.50 Å². The molecule has 2 heterocycles. The molecular weight excluding hydrogens is 288 g/mol. The van der Waals surface area contributed by atoms with E-state index in [1.54, 1.807) is 10.7 Å². The van der Waals surface area contributed by atoms with E-state index < -0.39 is 0 Å². The summed E-state index contributed by atoms with van der Waals surface area (Å²) in [4.78, 5) is 17.2. The topological polar surface area (TPSA) is 59.3 Å². The predicted octanol–water partition coefficient (Wildman–Crippen LogP) is 2.76. The summed E-state index contributed by atoms with van der Waals surface area (Å²) in [6.07, 6.45) is 3.55. The Hall–Kier alpha value is -2.69. The zero-order chi connectivity index (χ0) is 16.0. The van der Waals surface area contributed by atoms with Gasteiger partial charge in [0.15, 0.2) is 5.65 Å². The van der Waals surface area contributed by atoms with Crippen LogP contribution < -0.4 is 5.32 Å². The van der Waals surface area contributed by atoms with Gasteiger partial charge in [0.25, 0.3) is 5.91 Å².